The third kappa shape index (κ3) is 2.73. The first-order chi connectivity index (χ1) is 8.08. The Bertz CT molecular complexity index is 524. The lowest BCUT2D eigenvalue weighted by Crippen LogP contribution is -2.17. The highest BCUT2D eigenvalue weighted by molar-refractivity contribution is 9.10. The van der Waals surface area contributed by atoms with E-state index in [-0.39, 0.29) is 11.9 Å². The molecule has 0 saturated carbocycles. The number of nitrogens with two attached hydrogens (primary N) is 1. The molecule has 17 heavy (non-hydrogen) atoms. The van der Waals surface area contributed by atoms with Crippen molar-refractivity contribution in [2.45, 2.75) is 12.5 Å². The van der Waals surface area contributed by atoms with Crippen LogP contribution in [-0.2, 0) is 13.5 Å². The molecule has 0 radical (unpaired) electrons. The molecule has 0 aliphatic rings. The van der Waals surface area contributed by atoms with Crippen LogP contribution < -0.4 is 5.73 Å². The number of rotatable bonds is 3. The molecule has 1 heterocycles. The maximum atomic E-state index is 13.6. The van der Waals surface area contributed by atoms with E-state index in [1.807, 2.05) is 17.7 Å². The first kappa shape index (κ1) is 12.3. The molecule has 0 spiro atoms. The van der Waals surface area contributed by atoms with Gasteiger partial charge in [-0.2, -0.15) is 0 Å². The largest absolute Gasteiger partial charge is 0.336 e. The summed E-state index contributed by atoms with van der Waals surface area (Å²) in [5, 5.41) is 0. The fraction of sp³-hybridized carbons (Fsp3) is 0.250. The van der Waals surface area contributed by atoms with Crippen LogP contribution in [0.1, 0.15) is 17.3 Å². The summed E-state index contributed by atoms with van der Waals surface area (Å²) in [6, 6.07) is 4.76. The molecule has 0 amide bonds. The number of halogens is 2. The lowest BCUT2D eigenvalue weighted by atomic mass is 10.0. The van der Waals surface area contributed by atoms with Crippen molar-refractivity contribution >= 4 is 15.9 Å². The molecule has 0 aliphatic carbocycles. The van der Waals surface area contributed by atoms with Crippen LogP contribution in [-0.4, -0.2) is 9.55 Å². The van der Waals surface area contributed by atoms with Crippen LogP contribution >= 0.6 is 15.9 Å². The lowest BCUT2D eigenvalue weighted by Gasteiger charge is -2.12. The van der Waals surface area contributed by atoms with Crippen LogP contribution in [0.25, 0.3) is 0 Å². The van der Waals surface area contributed by atoms with Crippen LogP contribution in [0.4, 0.5) is 4.39 Å². The van der Waals surface area contributed by atoms with E-state index in [2.05, 4.69) is 20.9 Å². The molecule has 1 aromatic carbocycles. The van der Waals surface area contributed by atoms with E-state index in [0.717, 1.165) is 10.2 Å². The summed E-state index contributed by atoms with van der Waals surface area (Å²) < 4.78 is 16.2. The van der Waals surface area contributed by atoms with E-state index in [1.165, 1.54) is 6.07 Å². The molecule has 90 valence electrons. The van der Waals surface area contributed by atoms with Gasteiger partial charge >= 0.3 is 0 Å². The van der Waals surface area contributed by atoms with E-state index in [0.29, 0.717) is 12.0 Å². The Morgan fingerprint density at radius 3 is 2.88 bits per heavy atom. The van der Waals surface area contributed by atoms with Gasteiger partial charge in [0.2, 0.25) is 0 Å². The quantitative estimate of drug-likeness (QED) is 0.946. The smallest absolute Gasteiger partial charge is 0.127 e. The van der Waals surface area contributed by atoms with Gasteiger partial charge in [0.1, 0.15) is 5.82 Å². The second-order valence-electron chi connectivity index (χ2n) is 3.98. The molecule has 0 bridgehead atoms. The van der Waals surface area contributed by atoms with Crippen molar-refractivity contribution in [2.24, 2.45) is 12.8 Å². The molecule has 1 aromatic heterocycles. The topological polar surface area (TPSA) is 43.8 Å². The number of benzene rings is 1. The van der Waals surface area contributed by atoms with Gasteiger partial charge in [0.25, 0.3) is 0 Å². The third-order valence-electron chi connectivity index (χ3n) is 2.69. The molecule has 3 nitrogen and oxygen atoms in total. The fourth-order valence-electron chi connectivity index (χ4n) is 1.75. The first-order valence-electron chi connectivity index (χ1n) is 5.23. The van der Waals surface area contributed by atoms with Crippen LogP contribution in [0.3, 0.4) is 0 Å². The highest BCUT2D eigenvalue weighted by Gasteiger charge is 2.13. The Kier molecular flexibility index (Phi) is 3.59. The first-order valence-corrected chi connectivity index (χ1v) is 6.03. The highest BCUT2D eigenvalue weighted by atomic mass is 79.9. The standard InChI is InChI=1S/C12H13BrFN3/c1-17-7-16-6-12(17)11(15)4-8-2-3-9(13)5-10(8)14/h2-3,5-7,11H,4,15H2,1H3. The van der Waals surface area contributed by atoms with Gasteiger partial charge in [-0.15, -0.1) is 0 Å². The van der Waals surface area contributed by atoms with Crippen molar-refractivity contribution in [3.63, 3.8) is 0 Å². The minimum atomic E-state index is -0.252. The lowest BCUT2D eigenvalue weighted by molar-refractivity contribution is 0.582. The van der Waals surface area contributed by atoms with Crippen LogP contribution in [0.5, 0.6) is 0 Å². The summed E-state index contributed by atoms with van der Waals surface area (Å²) in [6.45, 7) is 0. The predicted octanol–water partition coefficient (Wildman–Crippen LogP) is 2.56. The molecule has 0 saturated heterocycles. The summed E-state index contributed by atoms with van der Waals surface area (Å²) in [5.41, 5.74) is 7.55. The number of aromatic nitrogens is 2. The minimum absolute atomic E-state index is 0.239. The van der Waals surface area contributed by atoms with E-state index < -0.39 is 0 Å². The Balaban J connectivity index is 2.19. The number of hydrogen-bond donors (Lipinski definition) is 1. The molecule has 2 aromatic rings. The molecular formula is C12H13BrFN3. The van der Waals surface area contributed by atoms with Crippen molar-refractivity contribution in [1.29, 1.82) is 0 Å². The summed E-state index contributed by atoms with van der Waals surface area (Å²) in [7, 11) is 1.88. The van der Waals surface area contributed by atoms with Crippen molar-refractivity contribution in [3.8, 4) is 0 Å². The molecule has 5 heteroatoms. The molecule has 1 atom stereocenters. The van der Waals surface area contributed by atoms with Gasteiger partial charge in [0.05, 0.1) is 18.1 Å². The Labute approximate surface area is 108 Å². The normalized spacial score (nSPS) is 12.7. The molecule has 2 N–H and O–H groups in total. The van der Waals surface area contributed by atoms with Gasteiger partial charge in [0.15, 0.2) is 0 Å². The van der Waals surface area contributed by atoms with E-state index in [9.17, 15) is 4.39 Å². The average Bonchev–Trinajstić information content (AvgIpc) is 2.68. The summed E-state index contributed by atoms with van der Waals surface area (Å²) >= 11 is 3.23. The Hall–Kier alpha value is -1.20. The summed E-state index contributed by atoms with van der Waals surface area (Å²) in [6.07, 6.45) is 3.85. The highest BCUT2D eigenvalue weighted by Crippen LogP contribution is 2.20. The second kappa shape index (κ2) is 4.98. The van der Waals surface area contributed by atoms with Crippen molar-refractivity contribution < 1.29 is 4.39 Å². The SMILES string of the molecule is Cn1cncc1C(N)Cc1ccc(Br)cc1F. The maximum Gasteiger partial charge on any atom is 0.127 e. The molecule has 1 unspecified atom stereocenters. The third-order valence-corrected chi connectivity index (χ3v) is 3.18. The average molecular weight is 298 g/mol. The zero-order valence-corrected chi connectivity index (χ0v) is 11.0. The van der Waals surface area contributed by atoms with Crippen LogP contribution in [0.2, 0.25) is 0 Å². The van der Waals surface area contributed by atoms with Gasteiger partial charge in [-0.1, -0.05) is 22.0 Å². The fourth-order valence-corrected chi connectivity index (χ4v) is 2.09. The minimum Gasteiger partial charge on any atom is -0.336 e. The number of imidazole rings is 1. The van der Waals surface area contributed by atoms with Gasteiger partial charge < -0.3 is 10.3 Å². The molecule has 0 fully saturated rings. The van der Waals surface area contributed by atoms with E-state index in [4.69, 9.17) is 5.73 Å². The summed E-state index contributed by atoms with van der Waals surface area (Å²) in [4.78, 5) is 4.00. The second-order valence-corrected chi connectivity index (χ2v) is 4.89. The summed E-state index contributed by atoms with van der Waals surface area (Å²) in [5.74, 6) is -0.239. The van der Waals surface area contributed by atoms with Gasteiger partial charge in [-0.3, -0.25) is 0 Å². The van der Waals surface area contributed by atoms with E-state index in [1.54, 1.807) is 18.6 Å². The molecule has 2 rings (SSSR count). The van der Waals surface area contributed by atoms with Crippen LogP contribution in [0.15, 0.2) is 35.2 Å². The maximum absolute atomic E-state index is 13.6. The Morgan fingerprint density at radius 1 is 1.53 bits per heavy atom. The van der Waals surface area contributed by atoms with Gasteiger partial charge in [-0.05, 0) is 24.1 Å². The Morgan fingerprint density at radius 2 is 2.29 bits per heavy atom. The van der Waals surface area contributed by atoms with Crippen molar-refractivity contribution in [2.75, 3.05) is 0 Å². The number of hydrogen-bond acceptors (Lipinski definition) is 2. The number of nitrogens with zero attached hydrogens (tertiary/aromatic N) is 2. The number of aryl methyl sites for hydroxylation is 1. The van der Waals surface area contributed by atoms with Crippen molar-refractivity contribution in [3.05, 3.63) is 52.3 Å². The predicted molar refractivity (Wildman–Crippen MR) is 67.9 cm³/mol. The zero-order chi connectivity index (χ0) is 12.4. The molecular weight excluding hydrogens is 285 g/mol. The van der Waals surface area contributed by atoms with Crippen LogP contribution in [0, 0.1) is 5.82 Å². The zero-order valence-electron chi connectivity index (χ0n) is 9.40. The van der Waals surface area contributed by atoms with Gasteiger partial charge in [-0.25, -0.2) is 9.37 Å². The molecule has 0 aliphatic heterocycles. The van der Waals surface area contributed by atoms with Gasteiger partial charge in [0, 0.05) is 17.7 Å². The van der Waals surface area contributed by atoms with E-state index >= 15 is 0 Å². The monoisotopic (exact) mass is 297 g/mol. The van der Waals surface area contributed by atoms with Crippen molar-refractivity contribution in [1.82, 2.24) is 9.55 Å².